The molecule has 0 bridgehead atoms. The van der Waals surface area contributed by atoms with Crippen LogP contribution in [-0.2, 0) is 7.05 Å². The SMILES string of the molecule is Cn1ncc(-c2ccc(C3CCSC3)c(Br)c2)c1N. The van der Waals surface area contributed by atoms with E-state index in [1.165, 1.54) is 28.0 Å². The molecule has 3 nitrogen and oxygen atoms in total. The van der Waals surface area contributed by atoms with E-state index in [2.05, 4.69) is 39.2 Å². The van der Waals surface area contributed by atoms with E-state index < -0.39 is 0 Å². The minimum absolute atomic E-state index is 0.680. The number of nitrogen functional groups attached to an aromatic ring is 1. The first-order valence-electron chi connectivity index (χ1n) is 6.32. The summed E-state index contributed by atoms with van der Waals surface area (Å²) in [5.41, 5.74) is 9.55. The molecule has 2 N–H and O–H groups in total. The highest BCUT2D eigenvalue weighted by Crippen LogP contribution is 2.38. The summed E-state index contributed by atoms with van der Waals surface area (Å²) >= 11 is 5.75. The third-order valence-corrected chi connectivity index (χ3v) is 5.51. The van der Waals surface area contributed by atoms with Gasteiger partial charge in [-0.3, -0.25) is 4.68 Å². The van der Waals surface area contributed by atoms with Crippen LogP contribution < -0.4 is 5.73 Å². The molecular formula is C14H16BrN3S. The number of aryl methyl sites for hydroxylation is 1. The summed E-state index contributed by atoms with van der Waals surface area (Å²) in [7, 11) is 1.86. The second-order valence-corrected chi connectivity index (χ2v) is 6.87. The molecule has 2 aromatic rings. The lowest BCUT2D eigenvalue weighted by atomic mass is 9.96. The molecule has 0 saturated carbocycles. The Morgan fingerprint density at radius 2 is 2.32 bits per heavy atom. The van der Waals surface area contributed by atoms with Crippen LogP contribution in [0.4, 0.5) is 5.82 Å². The molecule has 0 amide bonds. The fourth-order valence-electron chi connectivity index (χ4n) is 2.47. The van der Waals surface area contributed by atoms with Crippen molar-refractivity contribution in [3.8, 4) is 11.1 Å². The Kier molecular flexibility index (Phi) is 3.58. The van der Waals surface area contributed by atoms with E-state index in [1.807, 2.05) is 25.0 Å². The van der Waals surface area contributed by atoms with E-state index in [9.17, 15) is 0 Å². The number of anilines is 1. The van der Waals surface area contributed by atoms with Crippen LogP contribution in [0.3, 0.4) is 0 Å². The number of aromatic nitrogens is 2. The van der Waals surface area contributed by atoms with Crippen LogP contribution in [0.15, 0.2) is 28.9 Å². The maximum absolute atomic E-state index is 6.03. The van der Waals surface area contributed by atoms with E-state index >= 15 is 0 Å². The Balaban J connectivity index is 1.97. The van der Waals surface area contributed by atoms with Crippen molar-refractivity contribution in [2.75, 3.05) is 17.2 Å². The molecule has 100 valence electrons. The molecule has 1 saturated heterocycles. The van der Waals surface area contributed by atoms with Crippen molar-refractivity contribution in [3.63, 3.8) is 0 Å². The smallest absolute Gasteiger partial charge is 0.129 e. The Hall–Kier alpha value is -0.940. The molecule has 1 fully saturated rings. The molecule has 5 heteroatoms. The second-order valence-electron chi connectivity index (χ2n) is 4.86. The van der Waals surface area contributed by atoms with Gasteiger partial charge in [0.05, 0.1) is 6.20 Å². The number of nitrogens with two attached hydrogens (primary N) is 1. The van der Waals surface area contributed by atoms with Gasteiger partial charge in [-0.1, -0.05) is 28.1 Å². The van der Waals surface area contributed by atoms with Gasteiger partial charge in [0.2, 0.25) is 0 Å². The summed E-state index contributed by atoms with van der Waals surface area (Å²) in [4.78, 5) is 0. The Labute approximate surface area is 125 Å². The topological polar surface area (TPSA) is 43.8 Å². The summed E-state index contributed by atoms with van der Waals surface area (Å²) in [6.45, 7) is 0. The van der Waals surface area contributed by atoms with Crippen molar-refractivity contribution in [3.05, 3.63) is 34.4 Å². The fourth-order valence-corrected chi connectivity index (χ4v) is 4.43. The molecule has 1 atom stereocenters. The van der Waals surface area contributed by atoms with Crippen LogP contribution in [0.2, 0.25) is 0 Å². The lowest BCUT2D eigenvalue weighted by molar-refractivity contribution is 0.778. The number of benzene rings is 1. The predicted molar refractivity (Wildman–Crippen MR) is 85.4 cm³/mol. The number of halogens is 1. The number of hydrogen-bond donors (Lipinski definition) is 1. The van der Waals surface area contributed by atoms with Crippen molar-refractivity contribution in [2.24, 2.45) is 7.05 Å². The average molecular weight is 338 g/mol. The summed E-state index contributed by atoms with van der Waals surface area (Å²) < 4.78 is 2.88. The van der Waals surface area contributed by atoms with Gasteiger partial charge in [-0.15, -0.1) is 0 Å². The van der Waals surface area contributed by atoms with Gasteiger partial charge in [-0.05, 0) is 35.3 Å². The van der Waals surface area contributed by atoms with Gasteiger partial charge in [0.1, 0.15) is 5.82 Å². The minimum atomic E-state index is 0.680. The van der Waals surface area contributed by atoms with E-state index in [1.54, 1.807) is 4.68 Å². The van der Waals surface area contributed by atoms with Gasteiger partial charge < -0.3 is 5.73 Å². The van der Waals surface area contributed by atoms with Crippen LogP contribution in [0, 0.1) is 0 Å². The first kappa shape index (κ1) is 13.1. The van der Waals surface area contributed by atoms with E-state index in [0.717, 1.165) is 11.1 Å². The van der Waals surface area contributed by atoms with Crippen LogP contribution >= 0.6 is 27.7 Å². The van der Waals surface area contributed by atoms with Gasteiger partial charge in [0, 0.05) is 22.8 Å². The van der Waals surface area contributed by atoms with Gasteiger partial charge in [-0.2, -0.15) is 16.9 Å². The van der Waals surface area contributed by atoms with Gasteiger partial charge in [0.25, 0.3) is 0 Å². The highest BCUT2D eigenvalue weighted by atomic mass is 79.9. The Morgan fingerprint density at radius 1 is 1.47 bits per heavy atom. The molecule has 0 spiro atoms. The van der Waals surface area contributed by atoms with Crippen molar-refractivity contribution in [2.45, 2.75) is 12.3 Å². The largest absolute Gasteiger partial charge is 0.383 e. The van der Waals surface area contributed by atoms with Crippen molar-refractivity contribution < 1.29 is 0 Å². The standard InChI is InChI=1S/C14H16BrN3S/c1-18-14(16)12(7-17-18)9-2-3-11(13(15)6-9)10-4-5-19-8-10/h2-3,6-7,10H,4-5,8,16H2,1H3. The first-order valence-corrected chi connectivity index (χ1v) is 8.26. The molecule has 0 radical (unpaired) electrons. The first-order chi connectivity index (χ1) is 9.16. The number of nitrogens with zero attached hydrogens (tertiary/aromatic N) is 2. The zero-order valence-electron chi connectivity index (χ0n) is 10.8. The highest BCUT2D eigenvalue weighted by molar-refractivity contribution is 9.10. The summed E-state index contributed by atoms with van der Waals surface area (Å²) in [5.74, 6) is 3.89. The maximum Gasteiger partial charge on any atom is 0.129 e. The van der Waals surface area contributed by atoms with Crippen molar-refractivity contribution >= 4 is 33.5 Å². The molecular weight excluding hydrogens is 322 g/mol. The summed E-state index contributed by atoms with van der Waals surface area (Å²) in [5, 5.41) is 4.20. The lowest BCUT2D eigenvalue weighted by Gasteiger charge is -2.12. The monoisotopic (exact) mass is 337 g/mol. The zero-order valence-corrected chi connectivity index (χ0v) is 13.2. The zero-order chi connectivity index (χ0) is 13.4. The molecule has 1 aliphatic heterocycles. The number of thioether (sulfide) groups is 1. The van der Waals surface area contributed by atoms with Crippen LogP contribution in [0.5, 0.6) is 0 Å². The summed E-state index contributed by atoms with van der Waals surface area (Å²) in [6.07, 6.45) is 3.10. The molecule has 1 aromatic heterocycles. The molecule has 1 aliphatic rings. The number of hydrogen-bond acceptors (Lipinski definition) is 3. The average Bonchev–Trinajstić information content (AvgIpc) is 3.01. The second kappa shape index (κ2) is 5.21. The maximum atomic E-state index is 6.03. The van der Waals surface area contributed by atoms with Gasteiger partial charge in [-0.25, -0.2) is 0 Å². The van der Waals surface area contributed by atoms with Crippen molar-refractivity contribution in [1.82, 2.24) is 9.78 Å². The molecule has 0 aliphatic carbocycles. The van der Waals surface area contributed by atoms with E-state index in [4.69, 9.17) is 5.73 Å². The van der Waals surface area contributed by atoms with Gasteiger partial charge in [0.15, 0.2) is 0 Å². The van der Waals surface area contributed by atoms with Gasteiger partial charge >= 0.3 is 0 Å². The van der Waals surface area contributed by atoms with Crippen LogP contribution in [0.25, 0.3) is 11.1 Å². The molecule has 19 heavy (non-hydrogen) atoms. The Bertz CT molecular complexity index is 603. The third-order valence-electron chi connectivity index (χ3n) is 3.67. The summed E-state index contributed by atoms with van der Waals surface area (Å²) in [6, 6.07) is 6.53. The molecule has 2 heterocycles. The molecule has 3 rings (SSSR count). The Morgan fingerprint density at radius 3 is 2.89 bits per heavy atom. The van der Waals surface area contributed by atoms with Crippen molar-refractivity contribution in [1.29, 1.82) is 0 Å². The predicted octanol–water partition coefficient (Wildman–Crippen LogP) is 3.65. The quantitative estimate of drug-likeness (QED) is 0.909. The number of rotatable bonds is 2. The van der Waals surface area contributed by atoms with E-state index in [-0.39, 0.29) is 0 Å². The van der Waals surface area contributed by atoms with Crippen LogP contribution in [0.1, 0.15) is 17.9 Å². The van der Waals surface area contributed by atoms with Crippen LogP contribution in [-0.4, -0.2) is 21.3 Å². The lowest BCUT2D eigenvalue weighted by Crippen LogP contribution is -1.99. The molecule has 1 unspecified atom stereocenters. The normalized spacial score (nSPS) is 18.9. The minimum Gasteiger partial charge on any atom is -0.383 e. The molecule has 1 aromatic carbocycles. The van der Waals surface area contributed by atoms with E-state index in [0.29, 0.717) is 11.7 Å². The third kappa shape index (κ3) is 2.41. The highest BCUT2D eigenvalue weighted by Gasteiger charge is 2.20. The fraction of sp³-hybridized carbons (Fsp3) is 0.357.